The van der Waals surface area contributed by atoms with Crippen LogP contribution in [0.2, 0.25) is 0 Å². The average Bonchev–Trinajstić information content (AvgIpc) is 2.27. The van der Waals surface area contributed by atoms with Crippen LogP contribution in [-0.4, -0.2) is 15.8 Å². The Balaban J connectivity index is 3.35. The number of rotatable bonds is 4. The number of nitrogens with two attached hydrogens (primary N) is 1. The molecule has 114 valence electrons. The summed E-state index contributed by atoms with van der Waals surface area (Å²) in [5.74, 6) is -18.0. The average molecular weight is 419 g/mol. The highest BCUT2D eigenvalue weighted by atomic mass is 127. The van der Waals surface area contributed by atoms with Gasteiger partial charge in [0.15, 0.2) is 0 Å². The maximum absolute atomic E-state index is 13.5. The van der Waals surface area contributed by atoms with Crippen LogP contribution in [0, 0.1) is 0 Å². The molecule has 0 aromatic heterocycles. The fraction of sp³-hybridized carbons (Fsp3) is 0.400. The number of benzene rings is 1. The zero-order valence-electron chi connectivity index (χ0n) is 9.29. The van der Waals surface area contributed by atoms with Gasteiger partial charge in [-0.15, -0.1) is 0 Å². The molecule has 10 heteroatoms. The van der Waals surface area contributed by atoms with E-state index in [1.165, 1.54) is 0 Å². The van der Waals surface area contributed by atoms with E-state index in [0.29, 0.717) is 12.1 Å². The summed E-state index contributed by atoms with van der Waals surface area (Å²) in [6, 6.07) is 2.26. The Bertz CT molecular complexity index is 479. The lowest BCUT2D eigenvalue weighted by Crippen LogP contribution is -2.59. The minimum Gasteiger partial charge on any atom is -0.399 e. The fourth-order valence-corrected chi connectivity index (χ4v) is 1.59. The second kappa shape index (κ2) is 4.88. The van der Waals surface area contributed by atoms with Crippen LogP contribution in [0.4, 0.5) is 40.8 Å². The van der Waals surface area contributed by atoms with Gasteiger partial charge in [0, 0.05) is 33.8 Å². The summed E-state index contributed by atoms with van der Waals surface area (Å²) >= 11 is -0.307. The molecule has 0 saturated heterocycles. The summed E-state index contributed by atoms with van der Waals surface area (Å²) < 4.78 is 99.0. The van der Waals surface area contributed by atoms with Crippen molar-refractivity contribution in [1.29, 1.82) is 0 Å². The van der Waals surface area contributed by atoms with Crippen LogP contribution in [0.15, 0.2) is 24.3 Å². The van der Waals surface area contributed by atoms with Crippen molar-refractivity contribution in [2.75, 3.05) is 5.73 Å². The van der Waals surface area contributed by atoms with Crippen molar-refractivity contribution >= 4 is 28.3 Å². The molecule has 0 spiro atoms. The van der Waals surface area contributed by atoms with E-state index in [2.05, 4.69) is 0 Å². The molecule has 0 aliphatic rings. The van der Waals surface area contributed by atoms with Gasteiger partial charge in [0.2, 0.25) is 0 Å². The van der Waals surface area contributed by atoms with Gasteiger partial charge in [0.1, 0.15) is 0 Å². The SMILES string of the molecule is Nc1ccc(C(F)(F)C(F)(F)C(F)(F)C(F)(F)I)cc1. The van der Waals surface area contributed by atoms with Gasteiger partial charge < -0.3 is 5.73 Å². The lowest BCUT2D eigenvalue weighted by Gasteiger charge is -2.34. The fourth-order valence-electron chi connectivity index (χ4n) is 1.25. The minimum atomic E-state index is -6.29. The Kier molecular flexibility index (Phi) is 4.21. The molecule has 0 bridgehead atoms. The Hall–Kier alpha value is -0.810. The number of alkyl halides is 9. The van der Waals surface area contributed by atoms with Gasteiger partial charge in [-0.2, -0.15) is 35.1 Å². The molecule has 0 heterocycles. The van der Waals surface area contributed by atoms with Crippen molar-refractivity contribution in [1.82, 2.24) is 0 Å². The first-order valence-electron chi connectivity index (χ1n) is 4.81. The molecule has 1 rings (SSSR count). The van der Waals surface area contributed by atoms with Crippen LogP contribution in [0.25, 0.3) is 0 Å². The summed E-state index contributed by atoms with van der Waals surface area (Å²) in [6.45, 7) is 0. The van der Waals surface area contributed by atoms with Crippen molar-refractivity contribution in [3.63, 3.8) is 0 Å². The van der Waals surface area contributed by atoms with Crippen molar-refractivity contribution in [3.8, 4) is 0 Å². The molecule has 20 heavy (non-hydrogen) atoms. The third kappa shape index (κ3) is 2.53. The zero-order chi connectivity index (χ0) is 16.0. The van der Waals surface area contributed by atoms with E-state index in [0.717, 1.165) is 12.1 Å². The van der Waals surface area contributed by atoms with Gasteiger partial charge in [-0.3, -0.25) is 0 Å². The molecule has 1 aromatic rings. The van der Waals surface area contributed by atoms with Gasteiger partial charge in [-0.05, 0) is 12.1 Å². The molecule has 0 unspecified atom stereocenters. The standard InChI is InChI=1S/C10H6F8IN/c11-7(12,5-1-3-6(20)4-2-5)8(13,14)9(15,16)10(17,18)19/h1-4H,20H2. The van der Waals surface area contributed by atoms with Crippen LogP contribution in [0.5, 0.6) is 0 Å². The monoisotopic (exact) mass is 419 g/mol. The molecule has 0 aliphatic carbocycles. The molecule has 1 aromatic carbocycles. The minimum absolute atomic E-state index is 0.0844. The number of hydrogen-bond acceptors (Lipinski definition) is 1. The topological polar surface area (TPSA) is 26.0 Å². The van der Waals surface area contributed by atoms with Crippen LogP contribution in [0.1, 0.15) is 5.56 Å². The highest BCUT2D eigenvalue weighted by Gasteiger charge is 2.80. The van der Waals surface area contributed by atoms with Crippen LogP contribution in [0.3, 0.4) is 0 Å². The summed E-state index contributed by atoms with van der Waals surface area (Å²) in [5, 5.41) is 0. The predicted molar refractivity (Wildman–Crippen MR) is 63.6 cm³/mol. The molecule has 1 nitrogen and oxygen atoms in total. The second-order valence-electron chi connectivity index (χ2n) is 3.84. The predicted octanol–water partition coefficient (Wildman–Crippen LogP) is 4.66. The van der Waals surface area contributed by atoms with Crippen molar-refractivity contribution in [2.45, 2.75) is 21.7 Å². The molecule has 0 radical (unpaired) electrons. The first-order chi connectivity index (χ1) is 8.75. The number of halogens is 9. The van der Waals surface area contributed by atoms with E-state index in [-0.39, 0.29) is 28.3 Å². The lowest BCUT2D eigenvalue weighted by molar-refractivity contribution is -0.347. The molecule has 2 N–H and O–H groups in total. The van der Waals surface area contributed by atoms with E-state index >= 15 is 0 Å². The molecule has 0 aliphatic heterocycles. The highest BCUT2D eigenvalue weighted by molar-refractivity contribution is 14.1. The van der Waals surface area contributed by atoms with Gasteiger partial charge in [-0.25, -0.2) is 0 Å². The molecule has 0 saturated carbocycles. The maximum atomic E-state index is 13.5. The van der Waals surface area contributed by atoms with E-state index in [1.807, 2.05) is 0 Å². The second-order valence-corrected chi connectivity index (χ2v) is 5.20. The first-order valence-corrected chi connectivity index (χ1v) is 5.89. The molecule has 0 fully saturated rings. The number of anilines is 1. The maximum Gasteiger partial charge on any atom is 0.387 e. The smallest absolute Gasteiger partial charge is 0.387 e. The molecular formula is C10H6F8IN. The van der Waals surface area contributed by atoms with E-state index in [9.17, 15) is 35.1 Å². The first kappa shape index (κ1) is 17.2. The number of nitrogen functional groups attached to an aromatic ring is 1. The van der Waals surface area contributed by atoms with E-state index < -0.39 is 27.3 Å². The molecular weight excluding hydrogens is 413 g/mol. The van der Waals surface area contributed by atoms with Crippen molar-refractivity contribution in [2.24, 2.45) is 0 Å². The number of hydrogen-bond donors (Lipinski definition) is 1. The summed E-state index contributed by atoms with van der Waals surface area (Å²) in [6.07, 6.45) is 0. The Morgan fingerprint density at radius 3 is 1.50 bits per heavy atom. The van der Waals surface area contributed by atoms with Crippen LogP contribution >= 0.6 is 22.6 Å². The third-order valence-corrected chi connectivity index (χ3v) is 3.10. The quantitative estimate of drug-likeness (QED) is 0.327. The lowest BCUT2D eigenvalue weighted by atomic mass is 9.97. The zero-order valence-corrected chi connectivity index (χ0v) is 11.4. The Labute approximate surface area is 121 Å². The van der Waals surface area contributed by atoms with E-state index in [4.69, 9.17) is 5.73 Å². The van der Waals surface area contributed by atoms with Gasteiger partial charge in [-0.1, -0.05) is 12.1 Å². The summed E-state index contributed by atoms with van der Waals surface area (Å²) in [7, 11) is 0. The molecule has 0 atom stereocenters. The highest BCUT2D eigenvalue weighted by Crippen LogP contribution is 2.57. The van der Waals surface area contributed by atoms with Gasteiger partial charge >= 0.3 is 21.7 Å². The van der Waals surface area contributed by atoms with E-state index in [1.54, 1.807) is 0 Å². The third-order valence-electron chi connectivity index (χ3n) is 2.42. The Morgan fingerprint density at radius 2 is 1.15 bits per heavy atom. The molecule has 0 amide bonds. The Morgan fingerprint density at radius 1 is 0.750 bits per heavy atom. The van der Waals surface area contributed by atoms with Crippen LogP contribution in [-0.2, 0) is 5.92 Å². The van der Waals surface area contributed by atoms with Crippen LogP contribution < -0.4 is 5.73 Å². The van der Waals surface area contributed by atoms with Crippen molar-refractivity contribution in [3.05, 3.63) is 29.8 Å². The van der Waals surface area contributed by atoms with Gasteiger partial charge in [0.25, 0.3) is 0 Å². The van der Waals surface area contributed by atoms with Gasteiger partial charge in [0.05, 0.1) is 0 Å². The largest absolute Gasteiger partial charge is 0.399 e. The van der Waals surface area contributed by atoms with Crippen molar-refractivity contribution < 1.29 is 35.1 Å². The summed E-state index contributed by atoms with van der Waals surface area (Å²) in [5.41, 5.74) is 3.50. The summed E-state index contributed by atoms with van der Waals surface area (Å²) in [4.78, 5) is 0. The normalized spacial score (nSPS) is 14.4.